The summed E-state index contributed by atoms with van der Waals surface area (Å²) in [5.74, 6) is 1.55. The molecule has 0 atom stereocenters. The first kappa shape index (κ1) is 19.6. The molecule has 3 heteroatoms. The minimum atomic E-state index is 0.450. The molecule has 0 aliphatic rings. The van der Waals surface area contributed by atoms with Crippen LogP contribution in [-0.4, -0.2) is 13.2 Å². The van der Waals surface area contributed by atoms with Gasteiger partial charge in [0.05, 0.1) is 6.61 Å². The summed E-state index contributed by atoms with van der Waals surface area (Å²) < 4.78 is 11.7. The lowest BCUT2D eigenvalue weighted by Gasteiger charge is -2.18. The van der Waals surface area contributed by atoms with Crippen LogP contribution in [-0.2, 0) is 19.4 Å². The fourth-order valence-corrected chi connectivity index (χ4v) is 2.90. The second kappa shape index (κ2) is 10.3. The van der Waals surface area contributed by atoms with Crippen LogP contribution in [0.3, 0.4) is 0 Å². The summed E-state index contributed by atoms with van der Waals surface area (Å²) in [5.41, 5.74) is 4.72. The fourth-order valence-electron chi connectivity index (χ4n) is 2.90. The maximum Gasteiger partial charge on any atom is 0.165 e. The van der Waals surface area contributed by atoms with Gasteiger partial charge in [-0.2, -0.15) is 0 Å². The zero-order valence-corrected chi connectivity index (χ0v) is 15.9. The van der Waals surface area contributed by atoms with Crippen molar-refractivity contribution < 1.29 is 9.47 Å². The van der Waals surface area contributed by atoms with Crippen LogP contribution in [0.5, 0.6) is 11.5 Å². The van der Waals surface area contributed by atoms with Crippen LogP contribution in [0.15, 0.2) is 61.7 Å². The molecule has 0 heterocycles. The molecule has 1 N–H and O–H groups in total. The van der Waals surface area contributed by atoms with Crippen LogP contribution >= 0.6 is 0 Å². The van der Waals surface area contributed by atoms with E-state index in [1.807, 2.05) is 13.0 Å². The maximum absolute atomic E-state index is 5.87. The van der Waals surface area contributed by atoms with Crippen molar-refractivity contribution in [1.29, 1.82) is 0 Å². The average molecular weight is 351 g/mol. The number of aryl methyl sites for hydroxylation is 1. The van der Waals surface area contributed by atoms with Crippen molar-refractivity contribution >= 4 is 5.69 Å². The van der Waals surface area contributed by atoms with Gasteiger partial charge in [-0.05, 0) is 49.1 Å². The highest BCUT2D eigenvalue weighted by molar-refractivity contribution is 5.54. The van der Waals surface area contributed by atoms with Crippen LogP contribution in [0.1, 0.15) is 30.5 Å². The fraction of sp³-hybridized carbons (Fsp3) is 0.304. The van der Waals surface area contributed by atoms with Crippen LogP contribution in [0.4, 0.5) is 5.69 Å². The van der Waals surface area contributed by atoms with Gasteiger partial charge in [0, 0.05) is 17.8 Å². The molecule has 26 heavy (non-hydrogen) atoms. The van der Waals surface area contributed by atoms with Crippen LogP contribution in [0, 0.1) is 0 Å². The van der Waals surface area contributed by atoms with E-state index in [0.29, 0.717) is 13.2 Å². The number of hydrogen-bond acceptors (Lipinski definition) is 3. The highest BCUT2D eigenvalue weighted by atomic mass is 16.5. The topological polar surface area (TPSA) is 30.5 Å². The quantitative estimate of drug-likeness (QED) is 0.538. The molecule has 0 fully saturated rings. The third kappa shape index (κ3) is 5.16. The van der Waals surface area contributed by atoms with E-state index < -0.39 is 0 Å². The molecule has 0 unspecified atom stereocenters. The van der Waals surface area contributed by atoms with Crippen LogP contribution < -0.4 is 14.8 Å². The van der Waals surface area contributed by atoms with E-state index in [-0.39, 0.29) is 0 Å². The molecule has 2 rings (SSSR count). The van der Waals surface area contributed by atoms with E-state index in [4.69, 9.17) is 9.47 Å². The number of nitrogens with one attached hydrogen (secondary N) is 1. The number of benzene rings is 2. The summed E-state index contributed by atoms with van der Waals surface area (Å²) in [5, 5.41) is 3.54. The Morgan fingerprint density at radius 1 is 1.00 bits per heavy atom. The molecule has 0 saturated heterocycles. The van der Waals surface area contributed by atoms with Gasteiger partial charge in [-0.3, -0.25) is 0 Å². The van der Waals surface area contributed by atoms with Crippen molar-refractivity contribution in [2.75, 3.05) is 18.5 Å². The molecule has 2 aromatic carbocycles. The first-order valence-corrected chi connectivity index (χ1v) is 9.18. The first-order valence-electron chi connectivity index (χ1n) is 9.18. The lowest BCUT2D eigenvalue weighted by molar-refractivity contribution is 0.294. The second-order valence-corrected chi connectivity index (χ2v) is 5.97. The Labute approximate surface area is 157 Å². The molecule has 0 bridgehead atoms. The summed E-state index contributed by atoms with van der Waals surface area (Å²) >= 11 is 0. The number of allylic oxidation sites excluding steroid dienone is 1. The highest BCUT2D eigenvalue weighted by Crippen LogP contribution is 2.34. The van der Waals surface area contributed by atoms with E-state index in [1.165, 1.54) is 11.3 Å². The molecule has 0 aliphatic heterocycles. The molecule has 0 saturated carbocycles. The number of ether oxygens (including phenoxy) is 2. The molecule has 0 aromatic heterocycles. The van der Waals surface area contributed by atoms with Crippen molar-refractivity contribution in [2.45, 2.75) is 33.2 Å². The van der Waals surface area contributed by atoms with E-state index in [9.17, 15) is 0 Å². The highest BCUT2D eigenvalue weighted by Gasteiger charge is 2.13. The molecule has 2 aromatic rings. The normalized spacial score (nSPS) is 10.2. The van der Waals surface area contributed by atoms with Gasteiger partial charge in [-0.25, -0.2) is 0 Å². The average Bonchev–Trinajstić information content (AvgIpc) is 2.66. The number of rotatable bonds is 11. The monoisotopic (exact) mass is 351 g/mol. The Hall–Kier alpha value is -2.68. The van der Waals surface area contributed by atoms with Crippen LogP contribution in [0.2, 0.25) is 0 Å². The third-order valence-electron chi connectivity index (χ3n) is 4.08. The molecular weight excluding hydrogens is 322 g/mol. The molecule has 0 aliphatic carbocycles. The second-order valence-electron chi connectivity index (χ2n) is 5.97. The molecule has 0 spiro atoms. The number of para-hydroxylation sites is 1. The van der Waals surface area contributed by atoms with Gasteiger partial charge < -0.3 is 14.8 Å². The predicted molar refractivity (Wildman–Crippen MR) is 110 cm³/mol. The zero-order valence-electron chi connectivity index (χ0n) is 15.9. The minimum absolute atomic E-state index is 0.450. The SMILES string of the molecule is C=CCOc1c(CC=C)cc(CNc2ccccc2CC)cc1OCC. The van der Waals surface area contributed by atoms with Crippen molar-refractivity contribution in [3.63, 3.8) is 0 Å². The van der Waals surface area contributed by atoms with Crippen LogP contribution in [0.25, 0.3) is 0 Å². The summed E-state index contributed by atoms with van der Waals surface area (Å²) in [4.78, 5) is 0. The summed E-state index contributed by atoms with van der Waals surface area (Å²) in [7, 11) is 0. The van der Waals surface area contributed by atoms with E-state index in [0.717, 1.165) is 42.0 Å². The summed E-state index contributed by atoms with van der Waals surface area (Å²) in [6.45, 7) is 13.5. The van der Waals surface area contributed by atoms with Gasteiger partial charge in [0.25, 0.3) is 0 Å². The largest absolute Gasteiger partial charge is 0.490 e. The summed E-state index contributed by atoms with van der Waals surface area (Å²) in [6, 6.07) is 12.6. The molecular formula is C23H29NO2. The first-order chi connectivity index (χ1) is 12.7. The number of hydrogen-bond donors (Lipinski definition) is 1. The standard InChI is InChI=1S/C23H29NO2/c1-5-11-20-15-18(16-22(25-8-4)23(20)26-14-6-2)17-24-21-13-10-9-12-19(21)7-3/h5-6,9-10,12-13,15-16,24H,1-2,7-8,11,14,17H2,3-4H3. The molecule has 3 nitrogen and oxygen atoms in total. The Kier molecular flexibility index (Phi) is 7.81. The smallest absolute Gasteiger partial charge is 0.165 e. The lowest BCUT2D eigenvalue weighted by atomic mass is 10.0. The maximum atomic E-state index is 5.87. The zero-order chi connectivity index (χ0) is 18.8. The molecule has 0 amide bonds. The van der Waals surface area contributed by atoms with Gasteiger partial charge >= 0.3 is 0 Å². The van der Waals surface area contributed by atoms with Crippen molar-refractivity contribution in [2.24, 2.45) is 0 Å². The van der Waals surface area contributed by atoms with Crippen molar-refractivity contribution in [3.05, 3.63) is 78.4 Å². The van der Waals surface area contributed by atoms with Gasteiger partial charge in [0.2, 0.25) is 0 Å². The Morgan fingerprint density at radius 2 is 1.81 bits per heavy atom. The lowest BCUT2D eigenvalue weighted by Crippen LogP contribution is -2.06. The van der Waals surface area contributed by atoms with Gasteiger partial charge in [0.15, 0.2) is 11.5 Å². The van der Waals surface area contributed by atoms with E-state index >= 15 is 0 Å². The Morgan fingerprint density at radius 3 is 2.50 bits per heavy atom. The van der Waals surface area contributed by atoms with Gasteiger partial charge in [-0.15, -0.1) is 6.58 Å². The van der Waals surface area contributed by atoms with Gasteiger partial charge in [0.1, 0.15) is 6.61 Å². The summed E-state index contributed by atoms with van der Waals surface area (Å²) in [6.07, 6.45) is 5.36. The van der Waals surface area contributed by atoms with E-state index in [1.54, 1.807) is 6.08 Å². The van der Waals surface area contributed by atoms with Gasteiger partial charge in [-0.1, -0.05) is 43.9 Å². The predicted octanol–water partition coefficient (Wildman–Crippen LogP) is 5.55. The molecule has 0 radical (unpaired) electrons. The third-order valence-corrected chi connectivity index (χ3v) is 4.08. The van der Waals surface area contributed by atoms with Crippen molar-refractivity contribution in [3.8, 4) is 11.5 Å². The minimum Gasteiger partial charge on any atom is -0.490 e. The Balaban J connectivity index is 2.29. The molecule has 138 valence electrons. The van der Waals surface area contributed by atoms with E-state index in [2.05, 4.69) is 61.8 Å². The number of anilines is 1. The van der Waals surface area contributed by atoms with Crippen molar-refractivity contribution in [1.82, 2.24) is 0 Å². The Bertz CT molecular complexity index is 737.